The number of fused-ring (bicyclic) bond motifs is 2. The molecule has 0 bridgehead atoms. The van der Waals surface area contributed by atoms with Crippen LogP contribution in [0.2, 0.25) is 0 Å². The van der Waals surface area contributed by atoms with Gasteiger partial charge in [-0.25, -0.2) is 4.98 Å². The first-order chi connectivity index (χ1) is 11.1. The van der Waals surface area contributed by atoms with E-state index in [2.05, 4.69) is 4.98 Å². The summed E-state index contributed by atoms with van der Waals surface area (Å²) in [5.41, 5.74) is 2.20. The number of likely N-dealkylation sites (N-methyl/N-ethyl adjacent to an activating group) is 1. The number of carbonyl (C=O) groups is 1. The summed E-state index contributed by atoms with van der Waals surface area (Å²) in [4.78, 5) is 20.9. The minimum absolute atomic E-state index is 0.152. The second kappa shape index (κ2) is 5.64. The molecule has 23 heavy (non-hydrogen) atoms. The number of thiazole rings is 1. The average Bonchev–Trinajstić information content (AvgIpc) is 3.15. The third-order valence-electron chi connectivity index (χ3n) is 4.84. The molecular weight excluding hydrogens is 308 g/mol. The molecule has 5 heteroatoms. The number of rotatable bonds is 2. The molecule has 0 saturated carbocycles. The van der Waals surface area contributed by atoms with Crippen LogP contribution in [0.3, 0.4) is 0 Å². The SMILES string of the molecule is Cc1nc2c(s1)[C@H](N(C)C(=O)[C@H]1COc3ccccc31)CCC2. The number of aryl methyl sites for hydroxylation is 2. The summed E-state index contributed by atoms with van der Waals surface area (Å²) < 4.78 is 5.69. The Kier molecular flexibility index (Phi) is 3.60. The van der Waals surface area contributed by atoms with Crippen molar-refractivity contribution in [2.75, 3.05) is 13.7 Å². The number of aromatic nitrogens is 1. The Hall–Kier alpha value is -1.88. The summed E-state index contributed by atoms with van der Waals surface area (Å²) in [7, 11) is 1.93. The molecule has 1 aliphatic heterocycles. The lowest BCUT2D eigenvalue weighted by molar-refractivity contribution is -0.134. The number of hydrogen-bond acceptors (Lipinski definition) is 4. The normalized spacial score (nSPS) is 22.2. The molecule has 0 saturated heterocycles. The van der Waals surface area contributed by atoms with Crippen molar-refractivity contribution < 1.29 is 9.53 Å². The number of hydrogen-bond donors (Lipinski definition) is 0. The molecule has 0 radical (unpaired) electrons. The van der Waals surface area contributed by atoms with Gasteiger partial charge >= 0.3 is 0 Å². The molecule has 2 atom stereocenters. The van der Waals surface area contributed by atoms with Crippen LogP contribution in [0.15, 0.2) is 24.3 Å². The zero-order chi connectivity index (χ0) is 16.0. The van der Waals surface area contributed by atoms with Crippen molar-refractivity contribution in [3.8, 4) is 5.75 Å². The lowest BCUT2D eigenvalue weighted by Crippen LogP contribution is -2.36. The van der Waals surface area contributed by atoms with Crippen LogP contribution in [-0.2, 0) is 11.2 Å². The number of carbonyl (C=O) groups excluding carboxylic acids is 1. The van der Waals surface area contributed by atoms with Gasteiger partial charge in [0.2, 0.25) is 5.91 Å². The second-order valence-electron chi connectivity index (χ2n) is 6.30. The van der Waals surface area contributed by atoms with Crippen LogP contribution < -0.4 is 4.74 Å². The molecule has 2 aromatic rings. The van der Waals surface area contributed by atoms with Gasteiger partial charge in [0, 0.05) is 12.6 Å². The van der Waals surface area contributed by atoms with Crippen LogP contribution in [-0.4, -0.2) is 29.4 Å². The highest BCUT2D eigenvalue weighted by Crippen LogP contribution is 2.40. The zero-order valence-electron chi connectivity index (χ0n) is 13.4. The highest BCUT2D eigenvalue weighted by atomic mass is 32.1. The zero-order valence-corrected chi connectivity index (χ0v) is 14.2. The highest BCUT2D eigenvalue weighted by Gasteiger charge is 2.36. The van der Waals surface area contributed by atoms with Crippen LogP contribution in [0.25, 0.3) is 0 Å². The van der Waals surface area contributed by atoms with Gasteiger partial charge in [-0.3, -0.25) is 4.79 Å². The van der Waals surface area contributed by atoms with Gasteiger partial charge in [0.15, 0.2) is 0 Å². The summed E-state index contributed by atoms with van der Waals surface area (Å²) >= 11 is 1.74. The second-order valence-corrected chi connectivity index (χ2v) is 7.54. The fourth-order valence-corrected chi connectivity index (χ4v) is 4.81. The Morgan fingerprint density at radius 2 is 2.22 bits per heavy atom. The van der Waals surface area contributed by atoms with E-state index in [4.69, 9.17) is 4.74 Å². The van der Waals surface area contributed by atoms with Crippen molar-refractivity contribution in [3.63, 3.8) is 0 Å². The van der Waals surface area contributed by atoms with Crippen molar-refractivity contribution in [3.05, 3.63) is 45.4 Å². The summed E-state index contributed by atoms with van der Waals surface area (Å²) in [5, 5.41) is 1.09. The van der Waals surface area contributed by atoms with E-state index in [1.54, 1.807) is 11.3 Å². The van der Waals surface area contributed by atoms with Gasteiger partial charge in [-0.05, 0) is 32.3 Å². The van der Waals surface area contributed by atoms with Gasteiger partial charge in [-0.1, -0.05) is 18.2 Å². The van der Waals surface area contributed by atoms with Crippen molar-refractivity contribution in [1.82, 2.24) is 9.88 Å². The minimum Gasteiger partial charge on any atom is -0.492 e. The molecule has 1 amide bonds. The maximum atomic E-state index is 13.1. The van der Waals surface area contributed by atoms with Crippen LogP contribution >= 0.6 is 11.3 Å². The number of amides is 1. The quantitative estimate of drug-likeness (QED) is 0.848. The van der Waals surface area contributed by atoms with E-state index < -0.39 is 0 Å². The number of para-hydroxylation sites is 1. The first kappa shape index (κ1) is 14.7. The largest absolute Gasteiger partial charge is 0.492 e. The molecule has 120 valence electrons. The van der Waals surface area contributed by atoms with Gasteiger partial charge in [-0.2, -0.15) is 0 Å². The standard InChI is InChI=1S/C18H20N2O2S/c1-11-19-14-7-5-8-15(17(14)23-11)20(2)18(21)13-10-22-16-9-4-3-6-12(13)16/h3-4,6,9,13,15H,5,7-8,10H2,1-2H3/t13-,15+/m0/s1. The molecule has 1 aliphatic carbocycles. The molecule has 1 aromatic heterocycles. The average molecular weight is 328 g/mol. The van der Waals surface area contributed by atoms with E-state index >= 15 is 0 Å². The van der Waals surface area contributed by atoms with Crippen molar-refractivity contribution in [1.29, 1.82) is 0 Å². The molecule has 0 spiro atoms. The molecule has 1 aromatic carbocycles. The summed E-state index contributed by atoms with van der Waals surface area (Å²) in [6.45, 7) is 2.49. The smallest absolute Gasteiger partial charge is 0.234 e. The van der Waals surface area contributed by atoms with E-state index in [0.717, 1.165) is 35.6 Å². The van der Waals surface area contributed by atoms with Gasteiger partial charge in [-0.15, -0.1) is 11.3 Å². The third kappa shape index (κ3) is 2.43. The molecule has 4 nitrogen and oxygen atoms in total. The molecule has 2 aliphatic rings. The van der Waals surface area contributed by atoms with Crippen molar-refractivity contribution in [2.24, 2.45) is 0 Å². The molecular formula is C18H20N2O2S. The monoisotopic (exact) mass is 328 g/mol. The minimum atomic E-state index is -0.185. The highest BCUT2D eigenvalue weighted by molar-refractivity contribution is 7.11. The molecule has 0 N–H and O–H groups in total. The topological polar surface area (TPSA) is 42.4 Å². The van der Waals surface area contributed by atoms with Crippen LogP contribution in [0, 0.1) is 6.92 Å². The van der Waals surface area contributed by atoms with Gasteiger partial charge in [0.25, 0.3) is 0 Å². The first-order valence-electron chi connectivity index (χ1n) is 8.09. The number of ether oxygens (including phenoxy) is 1. The summed E-state index contributed by atoms with van der Waals surface area (Å²) in [6.07, 6.45) is 3.15. The molecule has 2 heterocycles. The van der Waals surface area contributed by atoms with E-state index in [1.165, 1.54) is 10.6 Å². The Labute approximate surface area is 140 Å². The van der Waals surface area contributed by atoms with E-state index in [-0.39, 0.29) is 17.9 Å². The van der Waals surface area contributed by atoms with E-state index in [1.807, 2.05) is 43.1 Å². The van der Waals surface area contributed by atoms with E-state index in [9.17, 15) is 4.79 Å². The Balaban J connectivity index is 1.61. The van der Waals surface area contributed by atoms with Gasteiger partial charge < -0.3 is 9.64 Å². The molecule has 0 fully saturated rings. The third-order valence-corrected chi connectivity index (χ3v) is 5.96. The summed E-state index contributed by atoms with van der Waals surface area (Å²) in [5.74, 6) is 0.812. The summed E-state index contributed by atoms with van der Waals surface area (Å²) in [6, 6.07) is 8.02. The van der Waals surface area contributed by atoms with Crippen molar-refractivity contribution >= 4 is 17.2 Å². The Morgan fingerprint density at radius 3 is 3.09 bits per heavy atom. The van der Waals surface area contributed by atoms with Crippen molar-refractivity contribution in [2.45, 2.75) is 38.1 Å². The fraction of sp³-hybridized carbons (Fsp3) is 0.444. The fourth-order valence-electron chi connectivity index (χ4n) is 3.66. The molecule has 4 rings (SSSR count). The van der Waals surface area contributed by atoms with Gasteiger partial charge in [0.1, 0.15) is 18.3 Å². The lowest BCUT2D eigenvalue weighted by Gasteiger charge is -2.32. The van der Waals surface area contributed by atoms with Crippen LogP contribution in [0.5, 0.6) is 5.75 Å². The molecule has 0 unspecified atom stereocenters. The van der Waals surface area contributed by atoms with Crippen LogP contribution in [0.1, 0.15) is 45.9 Å². The van der Waals surface area contributed by atoms with Gasteiger partial charge in [0.05, 0.1) is 21.6 Å². The number of nitrogens with zero attached hydrogens (tertiary/aromatic N) is 2. The maximum Gasteiger partial charge on any atom is 0.234 e. The first-order valence-corrected chi connectivity index (χ1v) is 8.91. The maximum absolute atomic E-state index is 13.1. The Morgan fingerprint density at radius 1 is 1.39 bits per heavy atom. The van der Waals surface area contributed by atoms with E-state index in [0.29, 0.717) is 6.61 Å². The predicted molar refractivity (Wildman–Crippen MR) is 90.0 cm³/mol. The lowest BCUT2D eigenvalue weighted by atomic mass is 9.94. The number of benzene rings is 1. The Bertz CT molecular complexity index is 755. The van der Waals surface area contributed by atoms with Crippen LogP contribution in [0.4, 0.5) is 0 Å². The predicted octanol–water partition coefficient (Wildman–Crippen LogP) is 3.46.